The van der Waals surface area contributed by atoms with Crippen LogP contribution in [0.4, 0.5) is 4.79 Å². The fourth-order valence-corrected chi connectivity index (χ4v) is 10.6. The SMILES string of the molecule is CC(C)(C)C(=O)OCOC(=O)[C@@H]1N2C(=O)[C@@H](NC(=O)[C@H](N)c3ccccc3)[C@H]2SC1(C)C.CCOC(=O)OC(C)OC(=O)[C@@H]1N2C(=O)[C@@H](NC(=O)[C@H](N)c3ccccc3)[C@H]2SC1(C)C.Cl.Cl. The first-order valence-corrected chi connectivity index (χ1v) is 22.3. The van der Waals surface area contributed by atoms with E-state index in [0.717, 1.165) is 0 Å². The summed E-state index contributed by atoms with van der Waals surface area (Å²) in [5.41, 5.74) is 12.6. The Hall–Kier alpha value is -4.80. The van der Waals surface area contributed by atoms with Gasteiger partial charge in [0.15, 0.2) is 0 Å². The Bertz CT molecular complexity index is 2120. The fourth-order valence-electron chi connectivity index (χ4n) is 7.34. The van der Waals surface area contributed by atoms with E-state index in [1.807, 2.05) is 26.0 Å². The predicted octanol–water partition coefficient (Wildman–Crippen LogP) is 3.46. The number of thioether (sulfide) groups is 2. The molecule has 6 rings (SSSR count). The minimum atomic E-state index is -1.18. The number of hydrogen-bond donors (Lipinski definition) is 4. The quantitative estimate of drug-likeness (QED) is 0.0969. The summed E-state index contributed by atoms with van der Waals surface area (Å²) < 4.78 is 23.5. The number of esters is 3. The van der Waals surface area contributed by atoms with Gasteiger partial charge in [0.05, 0.1) is 12.0 Å². The van der Waals surface area contributed by atoms with Crippen LogP contribution in [-0.4, -0.2) is 122 Å². The number of fused-ring (bicyclic) bond motifs is 2. The second-order valence-electron chi connectivity index (χ2n) is 17.3. The van der Waals surface area contributed by atoms with Crippen molar-refractivity contribution in [2.75, 3.05) is 13.4 Å². The summed E-state index contributed by atoms with van der Waals surface area (Å²) >= 11 is 2.78. The van der Waals surface area contributed by atoms with Gasteiger partial charge < -0.3 is 55.6 Å². The normalized spacial score (nSPS) is 24.2. The molecule has 0 aliphatic carbocycles. The molecule has 364 valence electrons. The third-order valence-corrected chi connectivity index (χ3v) is 13.8. The van der Waals surface area contributed by atoms with Crippen LogP contribution in [0.2, 0.25) is 0 Å². The average molecular weight is 1000 g/mol. The van der Waals surface area contributed by atoms with Crippen LogP contribution >= 0.6 is 48.3 Å². The van der Waals surface area contributed by atoms with Gasteiger partial charge in [-0.3, -0.25) is 24.0 Å². The first kappa shape index (κ1) is 55.5. The van der Waals surface area contributed by atoms with E-state index < -0.39 is 117 Å². The Morgan fingerprint density at radius 3 is 1.48 bits per heavy atom. The average Bonchev–Trinajstić information content (AvgIpc) is 3.65. The molecule has 4 amide bonds. The number of hydrogen-bond acceptors (Lipinski definition) is 17. The molecule has 0 aromatic heterocycles. The molecule has 0 saturated carbocycles. The predicted molar refractivity (Wildman–Crippen MR) is 247 cm³/mol. The van der Waals surface area contributed by atoms with E-state index in [4.69, 9.17) is 30.4 Å². The first-order valence-electron chi connectivity index (χ1n) is 20.5. The molecule has 0 bridgehead atoms. The van der Waals surface area contributed by atoms with Gasteiger partial charge in [-0.1, -0.05) is 60.7 Å². The Morgan fingerprint density at radius 2 is 1.09 bits per heavy atom. The number of nitrogens with two attached hydrogens (primary N) is 2. The van der Waals surface area contributed by atoms with E-state index in [1.54, 1.807) is 90.1 Å². The maximum absolute atomic E-state index is 12.8. The van der Waals surface area contributed by atoms with Gasteiger partial charge in [-0.25, -0.2) is 14.4 Å². The van der Waals surface area contributed by atoms with Crippen LogP contribution in [0.5, 0.6) is 0 Å². The molecule has 0 radical (unpaired) electrons. The molecule has 23 heteroatoms. The van der Waals surface area contributed by atoms with Gasteiger partial charge in [-0.15, -0.1) is 48.3 Å². The second-order valence-corrected chi connectivity index (χ2v) is 20.9. The lowest BCUT2D eigenvalue weighted by Gasteiger charge is -2.44. The highest BCUT2D eigenvalue weighted by molar-refractivity contribution is 8.02. The minimum absolute atomic E-state index is 0. The van der Waals surface area contributed by atoms with Gasteiger partial charge in [0, 0.05) is 16.4 Å². The lowest BCUT2D eigenvalue weighted by molar-refractivity contribution is -0.181. The van der Waals surface area contributed by atoms with Gasteiger partial charge in [0.1, 0.15) is 47.0 Å². The zero-order valence-corrected chi connectivity index (χ0v) is 41.1. The molecule has 0 spiro atoms. The topological polar surface area (TPSA) is 265 Å². The fraction of sp³-hybridized carbons (Fsp3) is 0.535. The second kappa shape index (κ2) is 22.3. The number of nitrogens with one attached hydrogen (secondary N) is 2. The molecule has 4 aliphatic heterocycles. The number of ether oxygens (including phenoxy) is 5. The van der Waals surface area contributed by atoms with Crippen LogP contribution in [0.15, 0.2) is 60.7 Å². The van der Waals surface area contributed by atoms with Crippen molar-refractivity contribution in [1.29, 1.82) is 0 Å². The van der Waals surface area contributed by atoms with Crippen LogP contribution in [-0.2, 0) is 57.2 Å². The van der Waals surface area contributed by atoms with Gasteiger partial charge in [-0.2, -0.15) is 0 Å². The van der Waals surface area contributed by atoms with E-state index in [-0.39, 0.29) is 37.3 Å². The number of benzene rings is 2. The zero-order valence-electron chi connectivity index (χ0n) is 37.9. The summed E-state index contributed by atoms with van der Waals surface area (Å²) in [6.45, 7) is 14.9. The maximum atomic E-state index is 12.8. The monoisotopic (exact) mass is 1000 g/mol. The number of β-lactam (4-membered cyclic amide) rings is 2. The Balaban J connectivity index is 0.000000340. The lowest BCUT2D eigenvalue weighted by Crippen LogP contribution is -2.71. The highest BCUT2D eigenvalue weighted by atomic mass is 35.5. The number of amides is 4. The molecule has 4 saturated heterocycles. The number of nitrogens with zero attached hydrogens (tertiary/aromatic N) is 2. The van der Waals surface area contributed by atoms with E-state index in [9.17, 15) is 38.4 Å². The van der Waals surface area contributed by atoms with Crippen LogP contribution < -0.4 is 22.1 Å². The van der Waals surface area contributed by atoms with E-state index in [0.29, 0.717) is 11.1 Å². The molecule has 4 aliphatic rings. The van der Waals surface area contributed by atoms with Crippen molar-refractivity contribution in [2.45, 2.75) is 125 Å². The zero-order chi connectivity index (χ0) is 47.5. The van der Waals surface area contributed by atoms with E-state index >= 15 is 0 Å². The Morgan fingerprint density at radius 1 is 0.682 bits per heavy atom. The maximum Gasteiger partial charge on any atom is 0.511 e. The molecular weight excluding hydrogens is 944 g/mol. The summed E-state index contributed by atoms with van der Waals surface area (Å²) in [5.74, 6) is -3.59. The van der Waals surface area contributed by atoms with Gasteiger partial charge in [-0.05, 0) is 66.5 Å². The van der Waals surface area contributed by atoms with Crippen LogP contribution in [0, 0.1) is 5.41 Å². The smallest absolute Gasteiger partial charge is 0.435 e. The summed E-state index contributed by atoms with van der Waals surface area (Å²) in [4.78, 5) is 102. The molecule has 4 heterocycles. The molecule has 4 fully saturated rings. The van der Waals surface area contributed by atoms with Crippen molar-refractivity contribution in [3.05, 3.63) is 71.8 Å². The molecule has 2 aromatic rings. The van der Waals surface area contributed by atoms with E-state index in [2.05, 4.69) is 15.4 Å². The van der Waals surface area contributed by atoms with Crippen molar-refractivity contribution >= 4 is 96.0 Å². The number of rotatable bonds is 13. The van der Waals surface area contributed by atoms with Gasteiger partial charge >= 0.3 is 24.1 Å². The molecule has 66 heavy (non-hydrogen) atoms. The summed E-state index contributed by atoms with van der Waals surface area (Å²) in [6, 6.07) is 12.5. The lowest BCUT2D eigenvalue weighted by atomic mass is 9.95. The Labute approximate surface area is 403 Å². The summed E-state index contributed by atoms with van der Waals surface area (Å²) in [7, 11) is 0. The molecule has 9 atom stereocenters. The number of carbonyl (C=O) groups excluding carboxylic acids is 8. The Kier molecular flexibility index (Phi) is 18.8. The van der Waals surface area contributed by atoms with Gasteiger partial charge in [0.25, 0.3) is 0 Å². The van der Waals surface area contributed by atoms with Crippen molar-refractivity contribution in [1.82, 2.24) is 20.4 Å². The third kappa shape index (κ3) is 12.2. The van der Waals surface area contributed by atoms with Crippen molar-refractivity contribution < 1.29 is 62.0 Å². The molecule has 1 unspecified atom stereocenters. The van der Waals surface area contributed by atoms with E-state index in [1.165, 1.54) is 40.2 Å². The van der Waals surface area contributed by atoms with Crippen molar-refractivity contribution in [3.8, 4) is 0 Å². The number of carbonyl (C=O) groups is 8. The van der Waals surface area contributed by atoms with Gasteiger partial charge in [0.2, 0.25) is 36.7 Å². The molecular formula is C43H58Cl2N6O13S2. The minimum Gasteiger partial charge on any atom is -0.435 e. The highest BCUT2D eigenvalue weighted by Gasteiger charge is 2.66. The largest absolute Gasteiger partial charge is 0.511 e. The summed E-state index contributed by atoms with van der Waals surface area (Å²) in [6.07, 6.45) is -2.14. The highest BCUT2D eigenvalue weighted by Crippen LogP contribution is 2.52. The standard InChI is InChI=1S/C22H29N3O6S.C21H27N3O7S.2ClH/c1-21(2,3)20(29)31-11-30-19(28)15-22(4,5)32-18-14(17(27)25(15)18)24-16(26)13(23)12-9-7-6-8-10-12;1-5-29-20(28)31-11(2)30-19(27)15-21(3,4)32-18-14(17(26)24(15)18)23-16(25)13(22)12-9-7-6-8-10-12;;/h6-10,13-15,18H,11,23H2,1-5H3,(H,24,26);6-11,13-15,18H,5,22H2,1-4H3,(H,23,25);2*1H/t13-,14-,15+,18-;11?,13-,14-,15+,18-;;/m11../s1. The molecule has 19 nitrogen and oxygen atoms in total. The van der Waals surface area contributed by atoms with Crippen molar-refractivity contribution in [2.24, 2.45) is 16.9 Å². The third-order valence-electron chi connectivity index (χ3n) is 10.6. The van der Waals surface area contributed by atoms with Crippen LogP contribution in [0.1, 0.15) is 85.5 Å². The molecule has 6 N–H and O–H groups in total. The summed E-state index contributed by atoms with van der Waals surface area (Å²) in [5, 5.41) is 4.55. The molecule has 2 aromatic carbocycles. The van der Waals surface area contributed by atoms with Crippen LogP contribution in [0.25, 0.3) is 0 Å². The van der Waals surface area contributed by atoms with Crippen LogP contribution in [0.3, 0.4) is 0 Å². The number of halogens is 2. The first-order chi connectivity index (χ1) is 29.9. The van der Waals surface area contributed by atoms with Crippen molar-refractivity contribution in [3.63, 3.8) is 0 Å².